The summed E-state index contributed by atoms with van der Waals surface area (Å²) < 4.78 is 0.811. The zero-order valence-corrected chi connectivity index (χ0v) is 13.1. The zero-order valence-electron chi connectivity index (χ0n) is 11.6. The van der Waals surface area contributed by atoms with Crippen LogP contribution in [-0.2, 0) is 0 Å². The lowest BCUT2D eigenvalue weighted by Crippen LogP contribution is -2.56. The molecule has 2 atom stereocenters. The van der Waals surface area contributed by atoms with E-state index in [1.54, 1.807) is 18.2 Å². The van der Waals surface area contributed by atoms with Gasteiger partial charge < -0.3 is 10.0 Å². The topological polar surface area (TPSA) is 43.8 Å². The van der Waals surface area contributed by atoms with Gasteiger partial charge >= 0.3 is 0 Å². The molecule has 0 radical (unpaired) electrons. The molecule has 2 saturated heterocycles. The van der Waals surface area contributed by atoms with Crippen molar-refractivity contribution in [2.75, 3.05) is 19.6 Å². The first-order valence-electron chi connectivity index (χ1n) is 7.10. The Morgan fingerprint density at radius 1 is 1.40 bits per heavy atom. The first-order chi connectivity index (χ1) is 9.56. The minimum atomic E-state index is -0.0668. The molecule has 0 spiro atoms. The molecule has 3 rings (SSSR count). The standard InChI is InChI=1S/C15H19BrN2O2/c1-10-8-17-6-2-3-12(17)9-18(10)15(20)13-7-11(16)4-5-14(13)19/h4-5,7,10,12,19H,2-3,6,8-9H2,1H3. The lowest BCUT2D eigenvalue weighted by molar-refractivity contribution is 0.0393. The highest BCUT2D eigenvalue weighted by atomic mass is 79.9. The van der Waals surface area contributed by atoms with Crippen LogP contribution in [0, 0.1) is 0 Å². The Balaban J connectivity index is 1.84. The van der Waals surface area contributed by atoms with Crippen LogP contribution in [0.1, 0.15) is 30.1 Å². The van der Waals surface area contributed by atoms with Crippen molar-refractivity contribution in [3.05, 3.63) is 28.2 Å². The molecule has 2 unspecified atom stereocenters. The van der Waals surface area contributed by atoms with E-state index in [9.17, 15) is 9.90 Å². The molecule has 1 aromatic rings. The third-order valence-electron chi connectivity index (χ3n) is 4.39. The second-order valence-corrected chi connectivity index (χ2v) is 6.67. The van der Waals surface area contributed by atoms with Crippen molar-refractivity contribution >= 4 is 21.8 Å². The lowest BCUT2D eigenvalue weighted by atomic mass is 10.1. The zero-order chi connectivity index (χ0) is 14.3. The van der Waals surface area contributed by atoms with Crippen LogP contribution in [-0.4, -0.2) is 52.5 Å². The number of aromatic hydroxyl groups is 1. The second kappa shape index (κ2) is 5.37. The Labute approximate surface area is 127 Å². The first kappa shape index (κ1) is 13.9. The fourth-order valence-electron chi connectivity index (χ4n) is 3.30. The van der Waals surface area contributed by atoms with Crippen molar-refractivity contribution in [3.8, 4) is 5.75 Å². The third kappa shape index (κ3) is 2.44. The number of fused-ring (bicyclic) bond motifs is 1. The van der Waals surface area contributed by atoms with Gasteiger partial charge in [0, 0.05) is 29.6 Å². The van der Waals surface area contributed by atoms with Crippen molar-refractivity contribution in [3.63, 3.8) is 0 Å². The maximum atomic E-state index is 12.7. The molecule has 2 aliphatic heterocycles. The van der Waals surface area contributed by atoms with Gasteiger partial charge in [-0.2, -0.15) is 0 Å². The van der Waals surface area contributed by atoms with E-state index in [4.69, 9.17) is 0 Å². The van der Waals surface area contributed by atoms with Crippen molar-refractivity contribution in [1.82, 2.24) is 9.80 Å². The molecule has 108 valence electrons. The Bertz CT molecular complexity index is 535. The predicted octanol–water partition coefficient (Wildman–Crippen LogP) is 2.46. The lowest BCUT2D eigenvalue weighted by Gasteiger charge is -2.42. The minimum Gasteiger partial charge on any atom is -0.507 e. The Morgan fingerprint density at radius 3 is 3.00 bits per heavy atom. The number of rotatable bonds is 1. The average molecular weight is 339 g/mol. The molecule has 20 heavy (non-hydrogen) atoms. The van der Waals surface area contributed by atoms with Crippen molar-refractivity contribution < 1.29 is 9.90 Å². The summed E-state index contributed by atoms with van der Waals surface area (Å²) in [6.07, 6.45) is 2.39. The molecule has 5 heteroatoms. The van der Waals surface area contributed by atoms with E-state index in [1.165, 1.54) is 12.8 Å². The molecular formula is C15H19BrN2O2. The van der Waals surface area contributed by atoms with Gasteiger partial charge in [0.1, 0.15) is 5.75 Å². The fraction of sp³-hybridized carbons (Fsp3) is 0.533. The summed E-state index contributed by atoms with van der Waals surface area (Å²) in [6, 6.07) is 5.68. The van der Waals surface area contributed by atoms with E-state index < -0.39 is 0 Å². The molecule has 2 aliphatic rings. The maximum Gasteiger partial charge on any atom is 0.257 e. The minimum absolute atomic E-state index is 0.0549. The number of hydrogen-bond acceptors (Lipinski definition) is 3. The van der Waals surface area contributed by atoms with Gasteiger partial charge in [0.25, 0.3) is 5.91 Å². The molecule has 0 bridgehead atoms. The Morgan fingerprint density at radius 2 is 2.20 bits per heavy atom. The number of amides is 1. The molecule has 1 amide bonds. The van der Waals surface area contributed by atoms with Gasteiger partial charge in [-0.25, -0.2) is 0 Å². The van der Waals surface area contributed by atoms with E-state index in [0.717, 1.165) is 24.1 Å². The molecule has 0 aromatic heterocycles. The van der Waals surface area contributed by atoms with E-state index in [0.29, 0.717) is 11.6 Å². The number of piperazine rings is 1. The van der Waals surface area contributed by atoms with Crippen LogP contribution < -0.4 is 0 Å². The van der Waals surface area contributed by atoms with Crippen molar-refractivity contribution in [2.45, 2.75) is 31.8 Å². The van der Waals surface area contributed by atoms with Crippen molar-refractivity contribution in [2.24, 2.45) is 0 Å². The monoisotopic (exact) mass is 338 g/mol. The molecule has 1 N–H and O–H groups in total. The third-order valence-corrected chi connectivity index (χ3v) is 4.88. The molecule has 2 heterocycles. The van der Waals surface area contributed by atoms with Crippen LogP contribution in [0.3, 0.4) is 0 Å². The van der Waals surface area contributed by atoms with Crippen LogP contribution in [0.15, 0.2) is 22.7 Å². The number of phenolic OH excluding ortho intramolecular Hbond substituents is 1. The largest absolute Gasteiger partial charge is 0.507 e. The molecule has 0 aliphatic carbocycles. The summed E-state index contributed by atoms with van der Waals surface area (Å²) >= 11 is 3.36. The van der Waals surface area contributed by atoms with Crippen LogP contribution in [0.4, 0.5) is 0 Å². The van der Waals surface area contributed by atoms with E-state index in [-0.39, 0.29) is 17.7 Å². The summed E-state index contributed by atoms with van der Waals surface area (Å²) in [7, 11) is 0. The summed E-state index contributed by atoms with van der Waals surface area (Å²) in [4.78, 5) is 17.1. The molecule has 2 fully saturated rings. The van der Waals surface area contributed by atoms with Gasteiger partial charge in [0.2, 0.25) is 0 Å². The quantitative estimate of drug-likeness (QED) is 0.855. The first-order valence-corrected chi connectivity index (χ1v) is 7.89. The maximum absolute atomic E-state index is 12.7. The highest BCUT2D eigenvalue weighted by Gasteiger charge is 2.37. The van der Waals surface area contributed by atoms with E-state index in [1.807, 2.05) is 4.90 Å². The fourth-order valence-corrected chi connectivity index (χ4v) is 3.67. The van der Waals surface area contributed by atoms with Gasteiger partial charge in [-0.05, 0) is 44.5 Å². The van der Waals surface area contributed by atoms with Crippen molar-refractivity contribution in [1.29, 1.82) is 0 Å². The molecule has 1 aromatic carbocycles. The molecular weight excluding hydrogens is 320 g/mol. The average Bonchev–Trinajstić information content (AvgIpc) is 2.87. The van der Waals surface area contributed by atoms with E-state index in [2.05, 4.69) is 27.8 Å². The van der Waals surface area contributed by atoms with Gasteiger partial charge in [0.05, 0.1) is 5.56 Å². The van der Waals surface area contributed by atoms with Crippen LogP contribution in [0.25, 0.3) is 0 Å². The number of carbonyl (C=O) groups excluding carboxylic acids is 1. The Kier molecular flexibility index (Phi) is 3.73. The summed E-state index contributed by atoms with van der Waals surface area (Å²) in [5.74, 6) is -0.0119. The van der Waals surface area contributed by atoms with Gasteiger partial charge in [-0.1, -0.05) is 15.9 Å². The van der Waals surface area contributed by atoms with E-state index >= 15 is 0 Å². The second-order valence-electron chi connectivity index (χ2n) is 5.76. The summed E-state index contributed by atoms with van der Waals surface area (Å²) in [5, 5.41) is 9.93. The summed E-state index contributed by atoms with van der Waals surface area (Å²) in [5.41, 5.74) is 0.387. The normalized spacial score (nSPS) is 26.6. The highest BCUT2D eigenvalue weighted by molar-refractivity contribution is 9.10. The summed E-state index contributed by atoms with van der Waals surface area (Å²) in [6.45, 7) is 4.94. The smallest absolute Gasteiger partial charge is 0.257 e. The van der Waals surface area contributed by atoms with Crippen LogP contribution in [0.2, 0.25) is 0 Å². The number of nitrogens with zero attached hydrogens (tertiary/aromatic N) is 2. The van der Waals surface area contributed by atoms with Gasteiger partial charge in [0.15, 0.2) is 0 Å². The molecule has 4 nitrogen and oxygen atoms in total. The number of halogens is 1. The highest BCUT2D eigenvalue weighted by Crippen LogP contribution is 2.28. The molecule has 0 saturated carbocycles. The van der Waals surface area contributed by atoms with Gasteiger partial charge in [-0.15, -0.1) is 0 Å². The number of phenols is 1. The van der Waals surface area contributed by atoms with Gasteiger partial charge in [-0.3, -0.25) is 9.69 Å². The van der Waals surface area contributed by atoms with Crippen LogP contribution >= 0.6 is 15.9 Å². The predicted molar refractivity (Wildman–Crippen MR) is 80.9 cm³/mol. The van der Waals surface area contributed by atoms with Crippen LogP contribution in [0.5, 0.6) is 5.75 Å². The number of benzene rings is 1. The Hall–Kier alpha value is -1.07. The SMILES string of the molecule is CC1CN2CCCC2CN1C(=O)c1cc(Br)ccc1O. The number of carbonyl (C=O) groups is 1. The number of hydrogen-bond donors (Lipinski definition) is 1.